The van der Waals surface area contributed by atoms with Crippen molar-refractivity contribution in [3.63, 3.8) is 0 Å². The summed E-state index contributed by atoms with van der Waals surface area (Å²) in [7, 11) is 1.31. The molecule has 26 heavy (non-hydrogen) atoms. The van der Waals surface area contributed by atoms with Gasteiger partial charge in [-0.05, 0) is 69.3 Å². The van der Waals surface area contributed by atoms with Gasteiger partial charge >= 0.3 is 5.97 Å². The lowest BCUT2D eigenvalue weighted by molar-refractivity contribution is 0.0600. The molecule has 0 spiro atoms. The molecule has 0 heterocycles. The molecule has 136 valence electrons. The SMILES string of the molecule is COC(=O)c1ccc(NC(=O)c2ccc(C(=O)NC(C)(C)C)cc2)cc1. The summed E-state index contributed by atoms with van der Waals surface area (Å²) < 4.78 is 4.63. The monoisotopic (exact) mass is 354 g/mol. The van der Waals surface area contributed by atoms with Crippen LogP contribution in [0.1, 0.15) is 51.8 Å². The molecule has 2 aromatic rings. The first-order valence-electron chi connectivity index (χ1n) is 8.12. The van der Waals surface area contributed by atoms with Crippen molar-refractivity contribution in [2.75, 3.05) is 12.4 Å². The molecule has 2 N–H and O–H groups in total. The first kappa shape index (κ1) is 19.2. The molecular weight excluding hydrogens is 332 g/mol. The Hall–Kier alpha value is -3.15. The van der Waals surface area contributed by atoms with Gasteiger partial charge in [-0.15, -0.1) is 0 Å². The van der Waals surface area contributed by atoms with Crippen LogP contribution in [-0.2, 0) is 4.74 Å². The predicted molar refractivity (Wildman–Crippen MR) is 99.4 cm³/mol. The van der Waals surface area contributed by atoms with Crippen molar-refractivity contribution < 1.29 is 19.1 Å². The van der Waals surface area contributed by atoms with E-state index in [0.29, 0.717) is 22.4 Å². The smallest absolute Gasteiger partial charge is 0.337 e. The lowest BCUT2D eigenvalue weighted by Crippen LogP contribution is -2.40. The molecule has 0 aliphatic carbocycles. The van der Waals surface area contributed by atoms with Gasteiger partial charge in [-0.1, -0.05) is 0 Å². The van der Waals surface area contributed by atoms with Crippen molar-refractivity contribution in [1.29, 1.82) is 0 Å². The summed E-state index contributed by atoms with van der Waals surface area (Å²) in [4.78, 5) is 35.8. The second-order valence-corrected chi connectivity index (χ2v) is 6.80. The molecular formula is C20H22N2O4. The first-order valence-corrected chi connectivity index (χ1v) is 8.12. The van der Waals surface area contributed by atoms with E-state index in [-0.39, 0.29) is 17.4 Å². The molecule has 0 aliphatic rings. The summed E-state index contributed by atoms with van der Waals surface area (Å²) in [5.74, 6) is -0.937. The van der Waals surface area contributed by atoms with Crippen LogP contribution in [0.15, 0.2) is 48.5 Å². The van der Waals surface area contributed by atoms with E-state index >= 15 is 0 Å². The van der Waals surface area contributed by atoms with Gasteiger partial charge in [0.2, 0.25) is 0 Å². The molecule has 0 aromatic heterocycles. The fraction of sp³-hybridized carbons (Fsp3) is 0.250. The number of amides is 2. The summed E-state index contributed by atoms with van der Waals surface area (Å²) >= 11 is 0. The van der Waals surface area contributed by atoms with Gasteiger partial charge in [0.25, 0.3) is 11.8 Å². The van der Waals surface area contributed by atoms with Crippen molar-refractivity contribution in [2.45, 2.75) is 26.3 Å². The molecule has 0 saturated heterocycles. The van der Waals surface area contributed by atoms with Crippen LogP contribution in [0.2, 0.25) is 0 Å². The minimum atomic E-state index is -0.438. The van der Waals surface area contributed by atoms with Crippen molar-refractivity contribution in [3.05, 3.63) is 65.2 Å². The Morgan fingerprint density at radius 2 is 1.23 bits per heavy atom. The van der Waals surface area contributed by atoms with E-state index < -0.39 is 5.97 Å². The number of hydrogen-bond donors (Lipinski definition) is 2. The highest BCUT2D eigenvalue weighted by atomic mass is 16.5. The summed E-state index contributed by atoms with van der Waals surface area (Å²) in [6.45, 7) is 5.70. The van der Waals surface area contributed by atoms with E-state index in [1.165, 1.54) is 7.11 Å². The molecule has 0 unspecified atom stereocenters. The van der Waals surface area contributed by atoms with E-state index in [4.69, 9.17) is 0 Å². The first-order chi connectivity index (χ1) is 12.2. The molecule has 0 radical (unpaired) electrons. The number of rotatable bonds is 4. The Kier molecular flexibility index (Phi) is 5.77. The Balaban J connectivity index is 2.04. The molecule has 0 fully saturated rings. The van der Waals surface area contributed by atoms with E-state index in [1.54, 1.807) is 48.5 Å². The minimum absolute atomic E-state index is 0.192. The lowest BCUT2D eigenvalue weighted by Gasteiger charge is -2.20. The number of esters is 1. The Morgan fingerprint density at radius 1 is 0.769 bits per heavy atom. The van der Waals surface area contributed by atoms with E-state index in [0.717, 1.165) is 0 Å². The third-order valence-corrected chi connectivity index (χ3v) is 3.46. The molecule has 0 bridgehead atoms. The van der Waals surface area contributed by atoms with E-state index in [9.17, 15) is 14.4 Å². The van der Waals surface area contributed by atoms with E-state index in [2.05, 4.69) is 15.4 Å². The van der Waals surface area contributed by atoms with E-state index in [1.807, 2.05) is 20.8 Å². The van der Waals surface area contributed by atoms with Gasteiger partial charge in [0.1, 0.15) is 0 Å². The van der Waals surface area contributed by atoms with Gasteiger partial charge in [0, 0.05) is 22.4 Å². The maximum atomic E-state index is 12.3. The number of hydrogen-bond acceptors (Lipinski definition) is 4. The Labute approximate surface area is 152 Å². The average Bonchev–Trinajstić information content (AvgIpc) is 2.60. The van der Waals surface area contributed by atoms with Gasteiger partial charge < -0.3 is 15.4 Å². The molecule has 2 rings (SSSR count). The molecule has 0 aliphatic heterocycles. The number of nitrogens with one attached hydrogen (secondary N) is 2. The largest absolute Gasteiger partial charge is 0.465 e. The van der Waals surface area contributed by atoms with Crippen molar-refractivity contribution >= 4 is 23.5 Å². The maximum absolute atomic E-state index is 12.3. The van der Waals surface area contributed by atoms with Crippen LogP contribution in [-0.4, -0.2) is 30.4 Å². The quantitative estimate of drug-likeness (QED) is 0.826. The standard InChI is InChI=1S/C20H22N2O4/c1-20(2,3)22-18(24)14-7-5-13(6-8-14)17(23)21-16-11-9-15(10-12-16)19(25)26-4/h5-12H,1-4H3,(H,21,23)(H,22,24). The van der Waals surface area contributed by atoms with Crippen LogP contribution in [0.5, 0.6) is 0 Å². The molecule has 0 atom stereocenters. The number of carbonyl (C=O) groups is 3. The van der Waals surface area contributed by atoms with Crippen LogP contribution in [0.4, 0.5) is 5.69 Å². The second-order valence-electron chi connectivity index (χ2n) is 6.80. The predicted octanol–water partition coefficient (Wildman–Crippen LogP) is 3.25. The third-order valence-electron chi connectivity index (χ3n) is 3.46. The average molecular weight is 354 g/mol. The molecule has 2 aromatic carbocycles. The molecule has 6 nitrogen and oxygen atoms in total. The lowest BCUT2D eigenvalue weighted by atomic mass is 10.1. The zero-order valence-corrected chi connectivity index (χ0v) is 15.3. The Bertz CT molecular complexity index is 803. The summed E-state index contributed by atoms with van der Waals surface area (Å²) in [6, 6.07) is 12.8. The minimum Gasteiger partial charge on any atom is -0.465 e. The third kappa shape index (κ3) is 5.17. The number of ether oxygens (including phenoxy) is 1. The van der Waals surface area contributed by atoms with Crippen LogP contribution >= 0.6 is 0 Å². The molecule has 6 heteroatoms. The second kappa shape index (κ2) is 7.82. The fourth-order valence-electron chi connectivity index (χ4n) is 2.20. The van der Waals surface area contributed by atoms with Gasteiger partial charge in [-0.2, -0.15) is 0 Å². The van der Waals surface area contributed by atoms with Crippen molar-refractivity contribution in [1.82, 2.24) is 5.32 Å². The van der Waals surface area contributed by atoms with Crippen LogP contribution < -0.4 is 10.6 Å². The zero-order valence-electron chi connectivity index (χ0n) is 15.3. The van der Waals surface area contributed by atoms with Crippen molar-refractivity contribution in [3.8, 4) is 0 Å². The van der Waals surface area contributed by atoms with Gasteiger partial charge in [-0.25, -0.2) is 4.79 Å². The number of methoxy groups -OCH3 is 1. The molecule has 0 saturated carbocycles. The Morgan fingerprint density at radius 3 is 1.69 bits per heavy atom. The topological polar surface area (TPSA) is 84.5 Å². The number of carbonyl (C=O) groups excluding carboxylic acids is 3. The summed E-state index contributed by atoms with van der Waals surface area (Å²) in [5, 5.41) is 5.60. The highest BCUT2D eigenvalue weighted by molar-refractivity contribution is 6.05. The van der Waals surface area contributed by atoms with Crippen LogP contribution in [0, 0.1) is 0 Å². The fourth-order valence-corrected chi connectivity index (χ4v) is 2.20. The van der Waals surface area contributed by atoms with Gasteiger partial charge in [-0.3, -0.25) is 9.59 Å². The maximum Gasteiger partial charge on any atom is 0.337 e. The number of anilines is 1. The zero-order chi connectivity index (χ0) is 19.3. The van der Waals surface area contributed by atoms with Gasteiger partial charge in [0.05, 0.1) is 12.7 Å². The van der Waals surface area contributed by atoms with Crippen LogP contribution in [0.25, 0.3) is 0 Å². The van der Waals surface area contributed by atoms with Crippen molar-refractivity contribution in [2.24, 2.45) is 0 Å². The highest BCUT2D eigenvalue weighted by Gasteiger charge is 2.16. The summed E-state index contributed by atoms with van der Waals surface area (Å²) in [5.41, 5.74) is 1.54. The number of benzene rings is 2. The van der Waals surface area contributed by atoms with Gasteiger partial charge in [0.15, 0.2) is 0 Å². The highest BCUT2D eigenvalue weighted by Crippen LogP contribution is 2.13. The van der Waals surface area contributed by atoms with Crippen LogP contribution in [0.3, 0.4) is 0 Å². The normalized spacial score (nSPS) is 10.8. The molecule has 2 amide bonds. The summed E-state index contributed by atoms with van der Waals surface area (Å²) in [6.07, 6.45) is 0.